The third-order valence-electron chi connectivity index (χ3n) is 15.7. The van der Waals surface area contributed by atoms with Gasteiger partial charge >= 0.3 is 60.3 Å². The van der Waals surface area contributed by atoms with Crippen LogP contribution >= 0.6 is 22.6 Å². The van der Waals surface area contributed by atoms with Gasteiger partial charge < -0.3 is 102 Å². The highest BCUT2D eigenvalue weighted by Crippen LogP contribution is 2.32. The number of cyclic esters (lactones) is 1. The van der Waals surface area contributed by atoms with E-state index in [1.165, 1.54) is 172 Å². The normalized spacial score (nSPS) is 12.8. The number of likely N-dealkylation sites (N-methyl/N-ethyl adjacent to an activating group) is 3. The van der Waals surface area contributed by atoms with Crippen LogP contribution in [-0.4, -0.2) is 222 Å². The van der Waals surface area contributed by atoms with Gasteiger partial charge in [0, 0.05) is 22.9 Å². The van der Waals surface area contributed by atoms with E-state index in [1.807, 2.05) is 25.7 Å². The molecule has 35 nitrogen and oxygen atoms in total. The summed E-state index contributed by atoms with van der Waals surface area (Å²) in [5.41, 5.74) is 11.2. The SMILES string of the molecule is C.C.C.C.CC(C)(C)OC(=O)N1COC(=O)[C@@H]1c1ccc(O)cc1.CC(C)(C)OC=O.CC[SiH](CC)CC.CI.CN(C(=O)OC(C)(C)C)[C@H](C(=O)O)c1ccc(O)cc1.CN[C@H](C(=O)O)c1ccc(O)cc1.COC(=O)[C@H](C)NC(=O)[C@H](c1ccc(O)cc1)N(C)C(=O)OC(C)(C)C.N[C@H](C(=O)O)c1ccc(O)cc1.N[C@H](C(=O)O)c1ccc(O)cc1.O=CC(F)(F)F. The van der Waals surface area contributed by atoms with Crippen LogP contribution < -0.4 is 22.1 Å². The molecule has 1 heterocycles. The van der Waals surface area contributed by atoms with Gasteiger partial charge in [-0.3, -0.25) is 43.5 Å². The highest BCUT2D eigenvalue weighted by Gasteiger charge is 2.42. The van der Waals surface area contributed by atoms with Crippen LogP contribution in [0, 0.1) is 0 Å². The molecular formula is C89H137F3IN7O28Si. The summed E-state index contributed by atoms with van der Waals surface area (Å²) in [6, 6.07) is 32.9. The number of ether oxygens (including phenoxy) is 6. The summed E-state index contributed by atoms with van der Waals surface area (Å²) in [6.07, 6.45) is -7.73. The minimum Gasteiger partial charge on any atom is -0.508 e. The highest BCUT2D eigenvalue weighted by atomic mass is 127. The number of aldehydes is 1. The number of hydrogen-bond donors (Lipinski definition) is 14. The molecule has 0 radical (unpaired) electrons. The Balaban J connectivity index is -0.000000267. The third kappa shape index (κ3) is 55.4. The van der Waals surface area contributed by atoms with E-state index in [0.717, 1.165) is 9.80 Å². The second-order valence-corrected chi connectivity index (χ2v) is 34.5. The summed E-state index contributed by atoms with van der Waals surface area (Å²) in [7, 11) is 5.41. The van der Waals surface area contributed by atoms with E-state index in [2.05, 4.69) is 63.5 Å². The molecule has 0 saturated carbocycles. The Morgan fingerprint density at radius 2 is 0.806 bits per heavy atom. The molecule has 0 aliphatic carbocycles. The first-order valence-corrected chi connectivity index (χ1v) is 42.6. The number of phenolic OH excluding ortho intramolecular Hbond substituents is 6. The van der Waals surface area contributed by atoms with Crippen molar-refractivity contribution in [3.63, 3.8) is 0 Å². The van der Waals surface area contributed by atoms with E-state index in [4.69, 9.17) is 65.8 Å². The van der Waals surface area contributed by atoms with Crippen molar-refractivity contribution in [2.75, 3.05) is 39.9 Å². The lowest BCUT2D eigenvalue weighted by Gasteiger charge is -2.30. The van der Waals surface area contributed by atoms with Gasteiger partial charge in [-0.05, 0) is 208 Å². The first kappa shape index (κ1) is 130. The topological polar surface area (TPSA) is 548 Å². The number of carbonyl (C=O) groups is 12. The molecule has 1 saturated heterocycles. The molecule has 0 unspecified atom stereocenters. The average molecular weight is 1970 g/mol. The van der Waals surface area contributed by atoms with E-state index in [1.54, 1.807) is 93.6 Å². The summed E-state index contributed by atoms with van der Waals surface area (Å²) in [6.45, 7) is 29.7. The number of alkyl halides is 4. The maximum Gasteiger partial charge on any atom is 0.446 e. The number of nitrogens with zero attached hydrogens (tertiary/aromatic N) is 3. The van der Waals surface area contributed by atoms with Crippen molar-refractivity contribution < 1.29 is 150 Å². The predicted octanol–water partition coefficient (Wildman–Crippen LogP) is 15.8. The van der Waals surface area contributed by atoms with Gasteiger partial charge in [-0.15, -0.1) is 0 Å². The summed E-state index contributed by atoms with van der Waals surface area (Å²) in [4.78, 5) is 139. The molecule has 1 aliphatic rings. The lowest BCUT2D eigenvalue weighted by atomic mass is 10.0. The van der Waals surface area contributed by atoms with Crippen LogP contribution in [0.4, 0.5) is 27.6 Å². The average Bonchev–Trinajstić information content (AvgIpc) is 1.67. The Bertz CT molecular complexity index is 4150. The maximum atomic E-state index is 12.7. The molecule has 1 fully saturated rings. The van der Waals surface area contributed by atoms with E-state index in [-0.39, 0.29) is 85.3 Å². The number of nitrogens with one attached hydrogen (secondary N) is 2. The van der Waals surface area contributed by atoms with Crippen LogP contribution in [0.25, 0.3) is 0 Å². The van der Waals surface area contributed by atoms with Crippen LogP contribution in [0.5, 0.6) is 34.5 Å². The molecule has 1 aliphatic heterocycles. The Kier molecular flexibility index (Phi) is 64.4. The Labute approximate surface area is 769 Å². The van der Waals surface area contributed by atoms with E-state index >= 15 is 0 Å². The Morgan fingerprint density at radius 1 is 0.512 bits per heavy atom. The van der Waals surface area contributed by atoms with Gasteiger partial charge in [-0.2, -0.15) is 13.2 Å². The lowest BCUT2D eigenvalue weighted by Crippen LogP contribution is -2.47. The number of methoxy groups -OCH3 is 1. The summed E-state index contributed by atoms with van der Waals surface area (Å²) in [5.74, 6) is -5.53. The quantitative estimate of drug-likeness (QED) is 0.00843. The number of aliphatic carboxylic acids is 4. The highest BCUT2D eigenvalue weighted by molar-refractivity contribution is 14.1. The molecule has 0 spiro atoms. The van der Waals surface area contributed by atoms with Gasteiger partial charge in [0.25, 0.3) is 6.47 Å². The molecule has 40 heteroatoms. The maximum absolute atomic E-state index is 12.7. The minimum absolute atomic E-state index is 0. The number of carboxylic acids is 4. The van der Waals surface area contributed by atoms with E-state index < -0.39 is 132 Å². The summed E-state index contributed by atoms with van der Waals surface area (Å²) >= 11 is 2.15. The van der Waals surface area contributed by atoms with Crippen molar-refractivity contribution in [1.82, 2.24) is 25.3 Å². The molecule has 129 heavy (non-hydrogen) atoms. The molecule has 0 bridgehead atoms. The smallest absolute Gasteiger partial charge is 0.446 e. The van der Waals surface area contributed by atoms with Crippen LogP contribution in [0.1, 0.15) is 210 Å². The number of halogens is 4. The molecule has 7 atom stereocenters. The van der Waals surface area contributed by atoms with Gasteiger partial charge in [0.15, 0.2) is 18.8 Å². The number of amides is 4. The lowest BCUT2D eigenvalue weighted by molar-refractivity contribution is -0.156. The zero-order chi connectivity index (χ0) is 97.4. The second kappa shape index (κ2) is 63.8. The van der Waals surface area contributed by atoms with Crippen molar-refractivity contribution in [1.29, 1.82) is 0 Å². The molecule has 6 aromatic carbocycles. The van der Waals surface area contributed by atoms with Gasteiger partial charge in [0.2, 0.25) is 12.2 Å². The number of benzene rings is 6. The number of esters is 2. The zero-order valence-electron chi connectivity index (χ0n) is 73.8. The number of aromatic hydroxyl groups is 6. The standard InChI is InChI=1S/C18H26N2O6.C14H17NO5.C14H19NO5.C9H11NO3.2C8H9NO3.C6H16Si.C5H10O2.C2HF3O.CH3I.4CH4/c1-11(16(23)25-6)19-15(22)14(12-7-9-13(21)10-8-12)20(5)17(24)26-18(2,3)4;1-14(2,3)20-13(18)15-8-19-12(17)11(15)9-4-6-10(16)7-5-9;1-14(2,3)20-13(19)15(4)11(12(17)18)9-5-7-10(16)8-6-9;1-10-8(9(12)13)6-2-4-7(11)5-3-6;2*9-7(8(11)12)5-1-3-6(10)4-2-5;1-4-7(5-2)6-3;1-5(2,3)7-4-6;3-2(4,5)1-6;1-2;;;;/h7-11,14,21H,1-6H3,(H,19,22);4-7,11,16H,8H2,1-3H3;5-8,11,16H,1-4H3,(H,17,18);2-5,8,10-11H,1H3,(H,12,13);2*1-4,7,10H,9H2,(H,11,12);7H,4-6H2,1-3H3;4H,1-3H3;1H;1H3;4*1H4/t11-,14-;2*11-;8-;2*7-;;;;;;;;/m000000......../s1. The number of hydrogen-bond acceptors (Lipinski definition) is 27. The number of carbonyl (C=O) groups excluding carboxylic acids is 8. The van der Waals surface area contributed by atoms with Crippen LogP contribution in [0.15, 0.2) is 146 Å². The van der Waals surface area contributed by atoms with E-state index in [0.29, 0.717) is 39.9 Å². The number of carboxylic acid groups (broad SMARTS) is 4. The zero-order valence-corrected chi connectivity index (χ0v) is 77.1. The number of phenols is 6. The Morgan fingerprint density at radius 3 is 1.05 bits per heavy atom. The minimum atomic E-state index is -4.64. The first-order valence-electron chi connectivity index (χ1n) is 38.0. The summed E-state index contributed by atoms with van der Waals surface area (Å²) in [5, 5.41) is 95.0. The van der Waals surface area contributed by atoms with Crippen molar-refractivity contribution in [2.45, 2.75) is 229 Å². The van der Waals surface area contributed by atoms with Gasteiger partial charge in [-0.1, -0.05) is 164 Å². The number of nitrogens with two attached hydrogens (primary N) is 2. The molecule has 728 valence electrons. The van der Waals surface area contributed by atoms with E-state index in [9.17, 15) is 86.3 Å². The van der Waals surface area contributed by atoms with Crippen molar-refractivity contribution in [2.24, 2.45) is 11.5 Å². The first-order chi connectivity index (χ1) is 57.7. The molecule has 6 aromatic rings. The molecule has 16 N–H and O–H groups in total. The van der Waals surface area contributed by atoms with Crippen molar-refractivity contribution in [3.05, 3.63) is 179 Å². The van der Waals surface area contributed by atoms with Crippen molar-refractivity contribution >= 4 is 104 Å². The molecule has 0 aromatic heterocycles. The fraction of sp³-hybridized carbons (Fsp3) is 0.461. The van der Waals surface area contributed by atoms with Gasteiger partial charge in [0.05, 0.1) is 7.11 Å². The summed E-state index contributed by atoms with van der Waals surface area (Å²) < 4.78 is 61.0. The predicted molar refractivity (Wildman–Crippen MR) is 494 cm³/mol. The monoisotopic (exact) mass is 1960 g/mol. The molecule has 4 amide bonds. The fourth-order valence-electron chi connectivity index (χ4n) is 9.43. The van der Waals surface area contributed by atoms with Crippen LogP contribution in [-0.2, 0) is 71.6 Å². The number of rotatable bonds is 20. The fourth-order valence-corrected chi connectivity index (χ4v) is 11.2. The largest absolute Gasteiger partial charge is 0.508 e. The molecular weight excluding hydrogens is 1830 g/mol. The van der Waals surface area contributed by atoms with Gasteiger partial charge in [-0.25, -0.2) is 28.8 Å². The molecule has 7 rings (SSSR count). The third-order valence-corrected chi connectivity index (χ3v) is 19.2. The van der Waals surface area contributed by atoms with Crippen molar-refractivity contribution in [3.8, 4) is 34.5 Å². The van der Waals surface area contributed by atoms with Crippen LogP contribution in [0.2, 0.25) is 18.1 Å². The van der Waals surface area contributed by atoms with Gasteiger partial charge in [0.1, 0.15) is 87.1 Å². The Hall–Kier alpha value is -12.0. The second-order valence-electron chi connectivity index (χ2n) is 30.3. The van der Waals surface area contributed by atoms with Crippen LogP contribution in [0.3, 0.4) is 0 Å².